The van der Waals surface area contributed by atoms with E-state index in [1.807, 2.05) is 0 Å². The zero-order valence-corrected chi connectivity index (χ0v) is 42.0. The number of para-hydroxylation sites is 1. The fourth-order valence-electron chi connectivity index (χ4n) is 9.13. The highest BCUT2D eigenvalue weighted by atomic mass is 19.4. The molecule has 1 unspecified atom stereocenters. The molecule has 5 rings (SSSR count). The topological polar surface area (TPSA) is 280 Å². The molecule has 23 nitrogen and oxygen atoms in total. The Labute approximate surface area is 429 Å². The van der Waals surface area contributed by atoms with Crippen molar-refractivity contribution in [1.29, 1.82) is 5.26 Å². The Bertz CT molecular complexity index is 2470. The number of nitriles is 1. The number of pyridine rings is 1. The zero-order chi connectivity index (χ0) is 54.9. The van der Waals surface area contributed by atoms with E-state index >= 15 is 0 Å². The second kappa shape index (κ2) is 27.3. The van der Waals surface area contributed by atoms with Gasteiger partial charge in [-0.05, 0) is 37.8 Å². The number of aromatic nitrogens is 4. The van der Waals surface area contributed by atoms with Crippen LogP contribution in [0.4, 0.5) is 21.7 Å². The van der Waals surface area contributed by atoms with Gasteiger partial charge in [-0.25, -0.2) is 8.78 Å². The number of carboxylic acid groups (broad SMARTS) is 3. The Morgan fingerprint density at radius 2 is 1.53 bits per heavy atom. The highest BCUT2D eigenvalue weighted by molar-refractivity contribution is 6.58. The molecule has 2 fully saturated rings. The van der Waals surface area contributed by atoms with Gasteiger partial charge in [-0.1, -0.05) is 17.3 Å². The van der Waals surface area contributed by atoms with Gasteiger partial charge in [0.1, 0.15) is 35.6 Å². The summed E-state index contributed by atoms with van der Waals surface area (Å²) in [6.07, 6.45) is 2.61. The van der Waals surface area contributed by atoms with Crippen LogP contribution >= 0.6 is 0 Å². The molecule has 2 aliphatic rings. The third kappa shape index (κ3) is 19.6. The number of nitrogens with one attached hydrogen (secondary N) is 2. The molecule has 0 radical (unpaired) electrons. The molecule has 0 saturated carbocycles. The standard InChI is InChI=1S/C46H65BF5N13O10/c1-65(2,32-47(50,51)52)30-33-26-63(58-57-33)13-4-3-8-37(45(73)74)62-20-18-60(28-41(68)69)16-14-59(15-17-61(19-21-62)29-42(70)71)27-39(66)54-11-6-22-75-38-9-5-7-35-36(10-12-55-43(35)38)44(72)56-25-40(67)64-31-46(48,49)23-34(64)24-53/h5,7,9-10,12,26,34,37H,3-4,6,8,11,13-23,25,27-32H2,1-2H3,(H,54,66)(H,56,72)(H,68,69)(H,70,71)(H,73,74)/t34-,37?/m0/s1. The Kier molecular flexibility index (Phi) is 21.5. The van der Waals surface area contributed by atoms with Crippen LogP contribution in [0, 0.1) is 11.3 Å². The monoisotopic (exact) mass is 1070 g/mol. The summed E-state index contributed by atoms with van der Waals surface area (Å²) in [6, 6.07) is 5.69. The molecular formula is C46H65BF5N13O10. The molecule has 2 aromatic heterocycles. The van der Waals surface area contributed by atoms with Crippen LogP contribution < -0.4 is 15.4 Å². The van der Waals surface area contributed by atoms with Crippen LogP contribution in [0.5, 0.6) is 5.75 Å². The predicted molar refractivity (Wildman–Crippen MR) is 259 cm³/mol. The normalized spacial score (nSPS) is 18.1. The first kappa shape index (κ1) is 59.3. The van der Waals surface area contributed by atoms with E-state index in [0.29, 0.717) is 48.2 Å². The second-order valence-electron chi connectivity index (χ2n) is 19.4. The lowest BCUT2D eigenvalue weighted by atomic mass is 9.90. The number of carbonyl (C=O) groups excluding carboxylic acids is 3. The first-order valence-corrected chi connectivity index (χ1v) is 24.5. The largest absolute Gasteiger partial charge is 0.531 e. The number of likely N-dealkylation sites (tertiary alicyclic amines) is 1. The number of benzene rings is 1. The van der Waals surface area contributed by atoms with Crippen LogP contribution in [0.3, 0.4) is 0 Å². The highest BCUT2D eigenvalue weighted by Crippen LogP contribution is 2.32. The number of aryl methyl sites for hydroxylation is 1. The Balaban J connectivity index is 1.12. The van der Waals surface area contributed by atoms with E-state index in [2.05, 4.69) is 25.9 Å². The SMILES string of the molecule is C[N+](C)(Cc1cn(CCCCC(C(=O)O)N2CCN(CC(=O)O)CCN(CC(=O)NCCCOc3cccc4c(C(=O)NCC(=O)N5CC(F)(F)C[C@H]5C#N)ccnc34)CCN(CC(=O)O)CC2)nn1)C[B-](F)(F)F. The Morgan fingerprint density at radius 1 is 0.893 bits per heavy atom. The first-order valence-electron chi connectivity index (χ1n) is 24.5. The van der Waals surface area contributed by atoms with Gasteiger partial charge in [0.15, 0.2) is 0 Å². The Morgan fingerprint density at radius 3 is 2.15 bits per heavy atom. The summed E-state index contributed by atoms with van der Waals surface area (Å²) in [5.41, 5.74) is 0.850. The number of aliphatic carboxylic acids is 3. The van der Waals surface area contributed by atoms with Crippen molar-refractivity contribution in [2.45, 2.75) is 63.2 Å². The number of unbranched alkanes of at least 4 members (excludes halogenated alkanes) is 1. The maximum absolute atomic E-state index is 13.9. The number of quaternary nitrogens is 1. The average Bonchev–Trinajstić information content (AvgIpc) is 3.90. The van der Waals surface area contributed by atoms with Crippen molar-refractivity contribution < 1.29 is 75.0 Å². The van der Waals surface area contributed by atoms with Gasteiger partial charge in [-0.2, -0.15) is 5.26 Å². The van der Waals surface area contributed by atoms with Gasteiger partial charge in [0.05, 0.1) is 77.7 Å². The number of carbonyl (C=O) groups is 6. The molecule has 0 spiro atoms. The van der Waals surface area contributed by atoms with Gasteiger partial charge in [0.25, 0.3) is 11.8 Å². The number of amides is 3. The summed E-state index contributed by atoms with van der Waals surface area (Å²) in [5.74, 6) is -8.07. The minimum Gasteiger partial charge on any atom is -0.491 e. The van der Waals surface area contributed by atoms with E-state index in [4.69, 9.17) is 4.74 Å². The summed E-state index contributed by atoms with van der Waals surface area (Å²) in [6.45, 7) is -5.30. The van der Waals surface area contributed by atoms with Crippen LogP contribution in [0.15, 0.2) is 36.7 Å². The van der Waals surface area contributed by atoms with Crippen LogP contribution in [-0.2, 0) is 37.1 Å². The number of fused-ring (bicyclic) bond motifs is 1. The van der Waals surface area contributed by atoms with Crippen LogP contribution in [-0.4, -0.2) is 244 Å². The molecule has 29 heteroatoms. The molecule has 1 aromatic carbocycles. The third-order valence-corrected chi connectivity index (χ3v) is 12.7. The number of nitrogens with zero attached hydrogens (tertiary/aromatic N) is 11. The fraction of sp³-hybridized carbons (Fsp3) is 0.609. The number of ether oxygens (including phenoxy) is 1. The quantitative estimate of drug-likeness (QED) is 0.0341. The molecule has 2 saturated heterocycles. The van der Waals surface area contributed by atoms with Crippen molar-refractivity contribution in [2.24, 2.45) is 0 Å². The van der Waals surface area contributed by atoms with E-state index in [1.54, 1.807) is 50.1 Å². The summed E-state index contributed by atoms with van der Waals surface area (Å²) in [5, 5.41) is 52.8. The summed E-state index contributed by atoms with van der Waals surface area (Å²) < 4.78 is 74.1. The van der Waals surface area contributed by atoms with Crippen molar-refractivity contribution in [3.8, 4) is 11.8 Å². The molecule has 2 aliphatic heterocycles. The van der Waals surface area contributed by atoms with Gasteiger partial charge in [-0.15, -0.1) is 5.10 Å². The van der Waals surface area contributed by atoms with E-state index in [9.17, 15) is 71.1 Å². The molecule has 4 heterocycles. The summed E-state index contributed by atoms with van der Waals surface area (Å²) in [4.78, 5) is 87.6. The van der Waals surface area contributed by atoms with Crippen molar-refractivity contribution in [3.05, 3.63) is 47.9 Å². The van der Waals surface area contributed by atoms with Crippen LogP contribution in [0.25, 0.3) is 10.9 Å². The van der Waals surface area contributed by atoms with Gasteiger partial charge >= 0.3 is 24.9 Å². The fourth-order valence-corrected chi connectivity index (χ4v) is 9.13. The maximum atomic E-state index is 13.9. The highest BCUT2D eigenvalue weighted by Gasteiger charge is 2.47. The molecule has 5 N–H and O–H groups in total. The second-order valence-corrected chi connectivity index (χ2v) is 19.4. The smallest absolute Gasteiger partial charge is 0.491 e. The molecule has 0 aliphatic carbocycles. The van der Waals surface area contributed by atoms with Crippen molar-refractivity contribution in [2.75, 3.05) is 119 Å². The maximum Gasteiger partial charge on any atom is 0.531 e. The van der Waals surface area contributed by atoms with Gasteiger partial charge in [-0.3, -0.25) is 58.0 Å². The van der Waals surface area contributed by atoms with E-state index in [1.165, 1.54) is 31.0 Å². The molecule has 412 valence electrons. The van der Waals surface area contributed by atoms with Gasteiger partial charge < -0.3 is 53.0 Å². The lowest BCUT2D eigenvalue weighted by Crippen LogP contribution is -2.52. The predicted octanol–water partition coefficient (Wildman–Crippen LogP) is 0.878. The molecule has 2 atom stereocenters. The van der Waals surface area contributed by atoms with Gasteiger partial charge in [0.2, 0.25) is 11.8 Å². The lowest BCUT2D eigenvalue weighted by molar-refractivity contribution is -0.895. The Hall–Kier alpha value is -6.61. The van der Waals surface area contributed by atoms with E-state index in [-0.39, 0.29) is 114 Å². The molecule has 75 heavy (non-hydrogen) atoms. The lowest BCUT2D eigenvalue weighted by Gasteiger charge is -2.35. The zero-order valence-electron chi connectivity index (χ0n) is 42.0. The number of hydrogen-bond donors (Lipinski definition) is 5. The molecular weight excluding hydrogens is 1000 g/mol. The van der Waals surface area contributed by atoms with Crippen LogP contribution in [0.1, 0.15) is 48.2 Å². The third-order valence-electron chi connectivity index (χ3n) is 12.7. The molecule has 0 bridgehead atoms. The minimum atomic E-state index is -5.01. The minimum absolute atomic E-state index is 0.0187. The number of alkyl halides is 2. The van der Waals surface area contributed by atoms with Crippen molar-refractivity contribution in [1.82, 2.24) is 55.1 Å². The van der Waals surface area contributed by atoms with E-state index in [0.717, 1.165) is 4.90 Å². The number of halogens is 5. The number of hydrogen-bond acceptors (Lipinski definition) is 15. The first-order chi connectivity index (χ1) is 35.4. The average molecular weight is 1070 g/mol. The number of carboxylic acids is 3. The molecule has 3 amide bonds. The molecule has 3 aromatic rings. The van der Waals surface area contributed by atoms with Crippen LogP contribution in [0.2, 0.25) is 0 Å². The summed E-state index contributed by atoms with van der Waals surface area (Å²) in [7, 11) is 2.91. The van der Waals surface area contributed by atoms with Gasteiger partial charge in [0, 0.05) is 83.5 Å². The summed E-state index contributed by atoms with van der Waals surface area (Å²) >= 11 is 0. The van der Waals surface area contributed by atoms with Crippen molar-refractivity contribution >= 4 is 53.5 Å². The van der Waals surface area contributed by atoms with E-state index < -0.39 is 80.7 Å². The van der Waals surface area contributed by atoms with Crippen molar-refractivity contribution in [3.63, 3.8) is 0 Å². The number of rotatable bonds is 25.